The van der Waals surface area contributed by atoms with Gasteiger partial charge in [-0.15, -0.1) is 0 Å². The van der Waals surface area contributed by atoms with Gasteiger partial charge in [0.05, 0.1) is 19.1 Å². The molecule has 0 saturated heterocycles. The van der Waals surface area contributed by atoms with E-state index in [0.717, 1.165) is 5.56 Å². The van der Waals surface area contributed by atoms with Gasteiger partial charge in [0.15, 0.2) is 11.5 Å². The maximum Gasteiger partial charge on any atom is 0.255 e. The van der Waals surface area contributed by atoms with Crippen molar-refractivity contribution in [1.82, 2.24) is 4.31 Å². The van der Waals surface area contributed by atoms with Gasteiger partial charge in [-0.25, -0.2) is 8.42 Å². The molecule has 1 N–H and O–H groups in total. The maximum absolute atomic E-state index is 12.6. The predicted octanol–water partition coefficient (Wildman–Crippen LogP) is 3.30. The predicted molar refractivity (Wildman–Crippen MR) is 109 cm³/mol. The van der Waals surface area contributed by atoms with Crippen molar-refractivity contribution in [2.45, 2.75) is 25.7 Å². The average molecular weight is 407 g/mol. The van der Waals surface area contributed by atoms with Crippen LogP contribution in [0.4, 0.5) is 5.69 Å². The minimum absolute atomic E-state index is 0.162. The highest BCUT2D eigenvalue weighted by molar-refractivity contribution is 7.89. The number of aryl methyl sites for hydroxylation is 1. The fourth-order valence-corrected chi connectivity index (χ4v) is 4.26. The zero-order chi connectivity index (χ0) is 20.9. The van der Waals surface area contributed by atoms with Crippen molar-refractivity contribution in [2.24, 2.45) is 0 Å². The van der Waals surface area contributed by atoms with Crippen LogP contribution < -0.4 is 14.8 Å². The van der Waals surface area contributed by atoms with E-state index in [1.807, 2.05) is 6.92 Å². The lowest BCUT2D eigenvalue weighted by atomic mass is 10.1. The molecule has 0 aromatic heterocycles. The van der Waals surface area contributed by atoms with E-state index in [1.54, 1.807) is 33.1 Å². The lowest BCUT2D eigenvalue weighted by molar-refractivity contribution is 0.102. The number of nitrogens with one attached hydrogen (secondary N) is 1. The molecule has 0 aliphatic heterocycles. The van der Waals surface area contributed by atoms with Gasteiger partial charge in [-0.3, -0.25) is 4.79 Å². The summed E-state index contributed by atoms with van der Waals surface area (Å²) in [6, 6.07) is 9.36. The van der Waals surface area contributed by atoms with Crippen LogP contribution >= 0.6 is 0 Å². The molecule has 2 rings (SSSR count). The fourth-order valence-electron chi connectivity index (χ4n) is 2.80. The second-order valence-corrected chi connectivity index (χ2v) is 8.03. The number of hydrogen-bond donors (Lipinski definition) is 1. The van der Waals surface area contributed by atoms with Crippen LogP contribution in [0.15, 0.2) is 41.3 Å². The Balaban J connectivity index is 2.25. The summed E-state index contributed by atoms with van der Waals surface area (Å²) in [7, 11) is -0.488. The molecule has 1 amide bonds. The van der Waals surface area contributed by atoms with Crippen LogP contribution in [-0.2, 0) is 10.0 Å². The smallest absolute Gasteiger partial charge is 0.255 e. The van der Waals surface area contributed by atoms with E-state index in [0.29, 0.717) is 35.8 Å². The second-order valence-electron chi connectivity index (χ2n) is 6.09. The first-order chi connectivity index (χ1) is 13.3. The Hall–Kier alpha value is -2.58. The second kappa shape index (κ2) is 9.07. The standard InChI is InChI=1S/C20H26N2O5S/c1-6-22(7-2)28(24,25)16-10-8-15(9-11-16)20(23)21-17-13-19(27-5)18(26-4)12-14(17)3/h8-13H,6-7H2,1-5H3,(H,21,23). The summed E-state index contributed by atoms with van der Waals surface area (Å²) in [5, 5.41) is 2.82. The molecular weight excluding hydrogens is 380 g/mol. The van der Waals surface area contributed by atoms with Crippen LogP contribution in [0.2, 0.25) is 0 Å². The molecule has 0 unspecified atom stereocenters. The topological polar surface area (TPSA) is 84.9 Å². The number of rotatable bonds is 8. The van der Waals surface area contributed by atoms with Gasteiger partial charge in [0.25, 0.3) is 5.91 Å². The number of hydrogen-bond acceptors (Lipinski definition) is 5. The zero-order valence-electron chi connectivity index (χ0n) is 16.8. The van der Waals surface area contributed by atoms with Gasteiger partial charge in [-0.05, 0) is 42.8 Å². The van der Waals surface area contributed by atoms with Crippen LogP contribution in [0.3, 0.4) is 0 Å². The molecule has 0 fully saturated rings. The third-order valence-corrected chi connectivity index (χ3v) is 6.50. The Morgan fingerprint density at radius 1 is 1.00 bits per heavy atom. The van der Waals surface area contributed by atoms with Crippen molar-refractivity contribution < 1.29 is 22.7 Å². The number of anilines is 1. The minimum atomic E-state index is -3.55. The van der Waals surface area contributed by atoms with Gasteiger partial charge in [-0.1, -0.05) is 13.8 Å². The summed E-state index contributed by atoms with van der Waals surface area (Å²) in [5.41, 5.74) is 1.75. The summed E-state index contributed by atoms with van der Waals surface area (Å²) in [4.78, 5) is 12.7. The molecular formula is C20H26N2O5S. The number of benzene rings is 2. The molecule has 0 atom stereocenters. The van der Waals surface area contributed by atoms with Gasteiger partial charge in [-0.2, -0.15) is 4.31 Å². The summed E-state index contributed by atoms with van der Waals surface area (Å²) in [5.74, 6) is 0.732. The monoisotopic (exact) mass is 406 g/mol. The SMILES string of the molecule is CCN(CC)S(=O)(=O)c1ccc(C(=O)Nc2cc(OC)c(OC)cc2C)cc1. The number of carbonyl (C=O) groups excluding carboxylic acids is 1. The molecule has 0 aliphatic rings. The number of nitrogens with zero attached hydrogens (tertiary/aromatic N) is 1. The summed E-state index contributed by atoms with van der Waals surface area (Å²) in [6.07, 6.45) is 0. The zero-order valence-corrected chi connectivity index (χ0v) is 17.6. The first-order valence-electron chi connectivity index (χ1n) is 8.92. The van der Waals surface area contributed by atoms with E-state index in [9.17, 15) is 13.2 Å². The molecule has 0 aliphatic carbocycles. The van der Waals surface area contributed by atoms with E-state index >= 15 is 0 Å². The number of ether oxygens (including phenoxy) is 2. The van der Waals surface area contributed by atoms with Gasteiger partial charge in [0.2, 0.25) is 10.0 Å². The highest BCUT2D eigenvalue weighted by Crippen LogP contribution is 2.33. The van der Waals surface area contributed by atoms with Crippen LogP contribution in [0.25, 0.3) is 0 Å². The van der Waals surface area contributed by atoms with Crippen molar-refractivity contribution in [1.29, 1.82) is 0 Å². The molecule has 0 saturated carbocycles. The third-order valence-electron chi connectivity index (χ3n) is 4.44. The molecule has 8 heteroatoms. The van der Waals surface area contributed by atoms with Gasteiger partial charge >= 0.3 is 0 Å². The molecule has 0 bridgehead atoms. The van der Waals surface area contributed by atoms with Gasteiger partial charge < -0.3 is 14.8 Å². The van der Waals surface area contributed by atoms with Crippen molar-refractivity contribution in [3.8, 4) is 11.5 Å². The van der Waals surface area contributed by atoms with E-state index in [-0.39, 0.29) is 10.8 Å². The number of amides is 1. The molecule has 2 aromatic rings. The quantitative estimate of drug-likeness (QED) is 0.727. The van der Waals surface area contributed by atoms with E-state index in [4.69, 9.17) is 9.47 Å². The Kier molecular flexibility index (Phi) is 7.04. The normalized spacial score (nSPS) is 11.4. The Bertz CT molecular complexity index is 936. The van der Waals surface area contributed by atoms with Crippen LogP contribution in [-0.4, -0.2) is 45.9 Å². The average Bonchev–Trinajstić information content (AvgIpc) is 2.69. The van der Waals surface area contributed by atoms with Crippen molar-refractivity contribution >= 4 is 21.6 Å². The number of carbonyl (C=O) groups is 1. The highest BCUT2D eigenvalue weighted by Gasteiger charge is 2.22. The third kappa shape index (κ3) is 4.45. The lowest BCUT2D eigenvalue weighted by Crippen LogP contribution is -2.30. The van der Waals surface area contributed by atoms with Crippen molar-refractivity contribution in [3.05, 3.63) is 47.5 Å². The summed E-state index contributed by atoms with van der Waals surface area (Å²) in [6.45, 7) is 6.19. The molecule has 152 valence electrons. The van der Waals surface area contributed by atoms with Crippen molar-refractivity contribution in [3.63, 3.8) is 0 Å². The fraction of sp³-hybridized carbons (Fsp3) is 0.350. The van der Waals surface area contributed by atoms with Crippen LogP contribution in [0.1, 0.15) is 29.8 Å². The van der Waals surface area contributed by atoms with Gasteiger partial charge in [0, 0.05) is 30.4 Å². The number of sulfonamides is 1. The van der Waals surface area contributed by atoms with E-state index in [1.165, 1.54) is 35.7 Å². The molecule has 28 heavy (non-hydrogen) atoms. The number of methoxy groups -OCH3 is 2. The van der Waals surface area contributed by atoms with Crippen LogP contribution in [0.5, 0.6) is 11.5 Å². The van der Waals surface area contributed by atoms with E-state index < -0.39 is 10.0 Å². The summed E-state index contributed by atoms with van der Waals surface area (Å²) >= 11 is 0. The lowest BCUT2D eigenvalue weighted by Gasteiger charge is -2.18. The van der Waals surface area contributed by atoms with Crippen molar-refractivity contribution in [2.75, 3.05) is 32.6 Å². The Labute approximate surface area is 166 Å². The Morgan fingerprint density at radius 2 is 1.54 bits per heavy atom. The first kappa shape index (κ1) is 21.7. The maximum atomic E-state index is 12.6. The highest BCUT2D eigenvalue weighted by atomic mass is 32.2. The van der Waals surface area contributed by atoms with Gasteiger partial charge in [0.1, 0.15) is 0 Å². The van der Waals surface area contributed by atoms with E-state index in [2.05, 4.69) is 5.32 Å². The minimum Gasteiger partial charge on any atom is -0.493 e. The van der Waals surface area contributed by atoms with Crippen LogP contribution in [0, 0.1) is 6.92 Å². The molecule has 7 nitrogen and oxygen atoms in total. The molecule has 0 heterocycles. The summed E-state index contributed by atoms with van der Waals surface area (Å²) < 4.78 is 37.0. The molecule has 0 radical (unpaired) electrons. The molecule has 0 spiro atoms. The first-order valence-corrected chi connectivity index (χ1v) is 10.4. The molecule has 2 aromatic carbocycles. The Morgan fingerprint density at radius 3 is 2.04 bits per heavy atom. The largest absolute Gasteiger partial charge is 0.493 e.